The molecule has 0 fully saturated rings. The van der Waals surface area contributed by atoms with E-state index in [1.165, 1.54) is 23.1 Å². The number of methoxy groups -OCH3 is 1. The fraction of sp³-hybridized carbons (Fsp3) is 0.118. The topological polar surface area (TPSA) is 99.0 Å². The number of carbonyl (C=O) groups excluding carboxylic acids is 2. The molecule has 2 aromatic heterocycles. The predicted octanol–water partition coefficient (Wildman–Crippen LogP) is 3.37. The highest BCUT2D eigenvalue weighted by Gasteiger charge is 2.39. The van der Waals surface area contributed by atoms with Gasteiger partial charge < -0.3 is 10.1 Å². The third-order valence-electron chi connectivity index (χ3n) is 4.15. The highest BCUT2D eigenvalue weighted by Crippen LogP contribution is 2.40. The lowest BCUT2D eigenvalue weighted by Crippen LogP contribution is -2.32. The van der Waals surface area contributed by atoms with E-state index < -0.39 is 12.0 Å². The normalized spacial score (nSPS) is 15.8. The average Bonchev–Trinajstić information content (AvgIpc) is 3.37. The summed E-state index contributed by atoms with van der Waals surface area (Å²) in [6.45, 7) is 0. The number of tetrazole rings is 1. The van der Waals surface area contributed by atoms with Crippen molar-refractivity contribution in [1.29, 1.82) is 0 Å². The van der Waals surface area contributed by atoms with Gasteiger partial charge in [-0.2, -0.15) is 4.68 Å². The molecule has 0 aliphatic carbocycles. The summed E-state index contributed by atoms with van der Waals surface area (Å²) < 4.78 is 6.26. The number of nitrogens with one attached hydrogen (secondary N) is 1. The van der Waals surface area contributed by atoms with Gasteiger partial charge >= 0.3 is 5.97 Å². The maximum absolute atomic E-state index is 13.3. The number of ether oxygens (including phenoxy) is 1. The molecule has 0 unspecified atom stereocenters. The lowest BCUT2D eigenvalue weighted by molar-refractivity contribution is -0.136. The van der Waals surface area contributed by atoms with E-state index >= 15 is 0 Å². The number of halogens is 2. The van der Waals surface area contributed by atoms with Crippen molar-refractivity contribution in [3.63, 3.8) is 0 Å². The van der Waals surface area contributed by atoms with Crippen molar-refractivity contribution in [3.8, 4) is 0 Å². The molecule has 0 saturated heterocycles. The van der Waals surface area contributed by atoms with Crippen LogP contribution >= 0.6 is 34.5 Å². The highest BCUT2D eigenvalue weighted by atomic mass is 35.5. The first-order valence-corrected chi connectivity index (χ1v) is 9.55. The van der Waals surface area contributed by atoms with E-state index in [0.717, 1.165) is 0 Å². The Hall–Kier alpha value is -2.75. The Balaban J connectivity index is 1.99. The molecule has 1 aromatic carbocycles. The van der Waals surface area contributed by atoms with Crippen LogP contribution in [0.5, 0.6) is 0 Å². The molecule has 0 amide bonds. The molecule has 1 atom stereocenters. The van der Waals surface area contributed by atoms with E-state index in [4.69, 9.17) is 27.9 Å². The van der Waals surface area contributed by atoms with E-state index in [1.54, 1.807) is 35.7 Å². The number of anilines is 1. The molecular weight excluding hydrogens is 425 g/mol. The number of carbonyl (C=O) groups is 2. The maximum atomic E-state index is 13.3. The van der Waals surface area contributed by atoms with Crippen LogP contribution in [0.15, 0.2) is 47.0 Å². The second-order valence-corrected chi connectivity index (χ2v) is 7.52. The van der Waals surface area contributed by atoms with Crippen LogP contribution in [0.4, 0.5) is 5.95 Å². The molecule has 0 saturated carbocycles. The van der Waals surface area contributed by atoms with Gasteiger partial charge in [-0.05, 0) is 34.0 Å². The minimum absolute atomic E-state index is 0.0424. The van der Waals surface area contributed by atoms with Crippen molar-refractivity contribution in [2.45, 2.75) is 6.04 Å². The number of nitrogens with zero attached hydrogens (tertiary/aromatic N) is 4. The van der Waals surface area contributed by atoms with Gasteiger partial charge in [0.15, 0.2) is 0 Å². The Morgan fingerprint density at radius 2 is 2.11 bits per heavy atom. The lowest BCUT2D eigenvalue weighted by Gasteiger charge is -2.28. The minimum Gasteiger partial charge on any atom is -0.464 e. The molecule has 0 spiro atoms. The first-order valence-electron chi connectivity index (χ1n) is 7.91. The summed E-state index contributed by atoms with van der Waals surface area (Å²) in [5.74, 6) is -0.900. The van der Waals surface area contributed by atoms with Crippen LogP contribution in [0.1, 0.15) is 21.3 Å². The SMILES string of the molecule is COC(=O)C1=C(C(=O)c2cccs2)[C@H](c2ccc(Cl)cc2Cl)n2nnnc2N1. The zero-order valence-electron chi connectivity index (χ0n) is 14.2. The number of allylic oxidation sites excluding steroid dienone is 1. The molecule has 28 heavy (non-hydrogen) atoms. The van der Waals surface area contributed by atoms with Crippen LogP contribution in [0, 0.1) is 0 Å². The van der Waals surface area contributed by atoms with E-state index in [0.29, 0.717) is 20.5 Å². The van der Waals surface area contributed by atoms with Gasteiger partial charge in [-0.15, -0.1) is 11.3 Å². The summed E-state index contributed by atoms with van der Waals surface area (Å²) in [6, 6.07) is 7.43. The third-order valence-corrected chi connectivity index (χ3v) is 5.58. The largest absolute Gasteiger partial charge is 0.464 e. The molecule has 11 heteroatoms. The lowest BCUT2D eigenvalue weighted by atomic mass is 9.91. The average molecular weight is 436 g/mol. The summed E-state index contributed by atoms with van der Waals surface area (Å²) in [5, 5.41) is 16.8. The molecule has 0 bridgehead atoms. The van der Waals surface area contributed by atoms with Crippen LogP contribution in [0.25, 0.3) is 0 Å². The second-order valence-electron chi connectivity index (χ2n) is 5.73. The van der Waals surface area contributed by atoms with E-state index in [9.17, 15) is 9.59 Å². The Kier molecular flexibility index (Phi) is 4.88. The smallest absolute Gasteiger partial charge is 0.355 e. The van der Waals surface area contributed by atoms with Gasteiger partial charge in [0.05, 0.1) is 17.6 Å². The van der Waals surface area contributed by atoms with Gasteiger partial charge in [0.1, 0.15) is 11.7 Å². The molecule has 142 valence electrons. The molecule has 1 N–H and O–H groups in total. The number of aromatic nitrogens is 4. The summed E-state index contributed by atoms with van der Waals surface area (Å²) in [4.78, 5) is 26.3. The molecule has 1 aliphatic heterocycles. The fourth-order valence-electron chi connectivity index (χ4n) is 2.94. The summed E-state index contributed by atoms with van der Waals surface area (Å²) >= 11 is 13.7. The Morgan fingerprint density at radius 1 is 1.29 bits per heavy atom. The van der Waals surface area contributed by atoms with Gasteiger partial charge in [-0.25, -0.2) is 4.79 Å². The van der Waals surface area contributed by atoms with E-state index in [1.807, 2.05) is 0 Å². The van der Waals surface area contributed by atoms with Crippen molar-refractivity contribution in [1.82, 2.24) is 20.2 Å². The summed E-state index contributed by atoms with van der Waals surface area (Å²) in [7, 11) is 1.23. The number of ketones is 1. The minimum atomic E-state index is -0.847. The van der Waals surface area contributed by atoms with E-state index in [2.05, 4.69) is 20.8 Å². The fourth-order valence-corrected chi connectivity index (χ4v) is 4.13. The van der Waals surface area contributed by atoms with Crippen LogP contribution in [-0.4, -0.2) is 39.1 Å². The third kappa shape index (κ3) is 3.07. The van der Waals surface area contributed by atoms with Crippen LogP contribution < -0.4 is 5.32 Å². The van der Waals surface area contributed by atoms with Gasteiger partial charge in [0, 0.05) is 15.6 Å². The number of hydrogen-bond donors (Lipinski definition) is 1. The number of esters is 1. The number of Topliss-reactive ketones (excluding diaryl/α,β-unsaturated/α-hetero) is 1. The Labute approximate surface area is 172 Å². The van der Waals surface area contributed by atoms with Crippen molar-refractivity contribution >= 4 is 52.2 Å². The van der Waals surface area contributed by atoms with Gasteiger partial charge in [0.2, 0.25) is 11.7 Å². The number of fused-ring (bicyclic) bond motifs is 1. The second kappa shape index (κ2) is 7.34. The zero-order chi connectivity index (χ0) is 19.8. The molecule has 4 rings (SSSR count). The van der Waals surface area contributed by atoms with Gasteiger partial charge in [-0.3, -0.25) is 4.79 Å². The van der Waals surface area contributed by atoms with Crippen molar-refractivity contribution in [3.05, 3.63) is 67.5 Å². The first kappa shape index (κ1) is 18.6. The first-order chi connectivity index (χ1) is 13.5. The van der Waals surface area contributed by atoms with Crippen molar-refractivity contribution < 1.29 is 14.3 Å². The van der Waals surface area contributed by atoms with Gasteiger partial charge in [0.25, 0.3) is 0 Å². The molecule has 1 aliphatic rings. The number of benzene rings is 1. The van der Waals surface area contributed by atoms with Crippen LogP contribution in [0.2, 0.25) is 10.0 Å². The Bertz CT molecular complexity index is 1110. The number of rotatable bonds is 4. The number of thiophene rings is 1. The predicted molar refractivity (Wildman–Crippen MR) is 104 cm³/mol. The van der Waals surface area contributed by atoms with Crippen LogP contribution in [-0.2, 0) is 9.53 Å². The highest BCUT2D eigenvalue weighted by molar-refractivity contribution is 7.12. The molecule has 8 nitrogen and oxygen atoms in total. The van der Waals surface area contributed by atoms with Crippen molar-refractivity contribution in [2.75, 3.05) is 12.4 Å². The van der Waals surface area contributed by atoms with Crippen molar-refractivity contribution in [2.24, 2.45) is 0 Å². The molecule has 3 aromatic rings. The van der Waals surface area contributed by atoms with Gasteiger partial charge in [-0.1, -0.05) is 40.4 Å². The number of hydrogen-bond acceptors (Lipinski definition) is 8. The molecule has 3 heterocycles. The molecular formula is C17H11Cl2N5O3S. The Morgan fingerprint density at radius 3 is 2.79 bits per heavy atom. The zero-order valence-corrected chi connectivity index (χ0v) is 16.5. The summed E-state index contributed by atoms with van der Waals surface area (Å²) in [5.41, 5.74) is 0.597. The standard InChI is InChI=1S/C17H11Cl2N5O3S/c1-27-16(26)13-12(15(25)11-3-2-6-28-11)14(24-17(20-13)21-22-23-24)9-5-4-8(18)7-10(9)19/h2-7,14H,1H3,(H,20,21,23)/t14-/m0/s1. The van der Waals surface area contributed by atoms with Crippen LogP contribution in [0.3, 0.4) is 0 Å². The monoisotopic (exact) mass is 435 g/mol. The quantitative estimate of drug-likeness (QED) is 0.495. The maximum Gasteiger partial charge on any atom is 0.355 e. The molecule has 0 radical (unpaired) electrons. The van der Waals surface area contributed by atoms with E-state index in [-0.39, 0.29) is 23.0 Å². The summed E-state index contributed by atoms with van der Waals surface area (Å²) in [6.07, 6.45) is 0.